The molecule has 0 spiro atoms. The molecule has 0 aliphatic carbocycles. The Hall–Kier alpha value is -0.123. The van der Waals surface area contributed by atoms with Crippen molar-refractivity contribution in [3.8, 4) is 0 Å². The summed E-state index contributed by atoms with van der Waals surface area (Å²) >= 11 is 3.37. The maximum atomic E-state index is 9.67. The van der Waals surface area contributed by atoms with E-state index < -0.39 is 8.32 Å². The molecule has 1 rings (SSSR count). The average Bonchev–Trinajstić information content (AvgIpc) is 1.91. The number of benzene rings is 1. The molecular formula is C9H13BrOSi. The van der Waals surface area contributed by atoms with Gasteiger partial charge in [0, 0.05) is 4.47 Å². The highest BCUT2D eigenvalue weighted by Gasteiger charge is 2.16. The Bertz CT molecular complexity index is 250. The predicted octanol–water partition coefficient (Wildman–Crippen LogP) is 2.73. The molecule has 0 unspecified atom stereocenters. The molecule has 1 nitrogen and oxygen atoms in total. The van der Waals surface area contributed by atoms with Gasteiger partial charge in [0.2, 0.25) is 0 Å². The van der Waals surface area contributed by atoms with Crippen molar-refractivity contribution >= 4 is 24.2 Å². The Morgan fingerprint density at radius 1 is 1.25 bits per heavy atom. The second kappa shape index (κ2) is 3.73. The van der Waals surface area contributed by atoms with Gasteiger partial charge in [-0.1, -0.05) is 28.1 Å². The van der Waals surface area contributed by atoms with E-state index in [9.17, 15) is 4.80 Å². The number of rotatable bonds is 2. The van der Waals surface area contributed by atoms with Gasteiger partial charge < -0.3 is 4.80 Å². The van der Waals surface area contributed by atoms with Crippen LogP contribution in [-0.4, -0.2) is 13.1 Å². The summed E-state index contributed by atoms with van der Waals surface area (Å²) in [5, 5.41) is 0. The fourth-order valence-corrected chi connectivity index (χ4v) is 2.60. The maximum Gasteiger partial charge on any atom is 0.186 e. The monoisotopic (exact) mass is 244 g/mol. The van der Waals surface area contributed by atoms with Crippen LogP contribution in [0.5, 0.6) is 0 Å². The lowest BCUT2D eigenvalue weighted by molar-refractivity contribution is 0.548. The first-order valence-corrected chi connectivity index (χ1v) is 7.89. The first-order chi connectivity index (χ1) is 5.47. The number of hydrogen-bond acceptors (Lipinski definition) is 1. The molecule has 0 bridgehead atoms. The Kier molecular flexibility index (Phi) is 3.09. The van der Waals surface area contributed by atoms with Crippen LogP contribution in [0.3, 0.4) is 0 Å². The van der Waals surface area contributed by atoms with Gasteiger partial charge in [-0.15, -0.1) is 0 Å². The standard InChI is InChI=1S/C9H13BrOSi/c1-12(2,11)7-8-3-5-9(10)6-4-8/h3-6,11H,7H2,1-2H3. The lowest BCUT2D eigenvalue weighted by Crippen LogP contribution is -2.28. The molecule has 0 aliphatic heterocycles. The molecule has 0 amide bonds. The lowest BCUT2D eigenvalue weighted by atomic mass is 10.2. The Balaban J connectivity index is 2.71. The zero-order valence-electron chi connectivity index (χ0n) is 7.34. The number of halogens is 1. The zero-order valence-corrected chi connectivity index (χ0v) is 9.93. The Morgan fingerprint density at radius 2 is 1.75 bits per heavy atom. The molecule has 1 N–H and O–H groups in total. The van der Waals surface area contributed by atoms with Crippen LogP contribution in [0.1, 0.15) is 5.56 Å². The highest BCUT2D eigenvalue weighted by molar-refractivity contribution is 9.10. The van der Waals surface area contributed by atoms with Gasteiger partial charge in [0.15, 0.2) is 8.32 Å². The molecular weight excluding hydrogens is 232 g/mol. The average molecular weight is 245 g/mol. The van der Waals surface area contributed by atoms with Crippen LogP contribution >= 0.6 is 15.9 Å². The van der Waals surface area contributed by atoms with Crippen molar-refractivity contribution in [1.29, 1.82) is 0 Å². The van der Waals surface area contributed by atoms with Crippen molar-refractivity contribution in [3.63, 3.8) is 0 Å². The van der Waals surface area contributed by atoms with Gasteiger partial charge >= 0.3 is 0 Å². The quantitative estimate of drug-likeness (QED) is 0.794. The van der Waals surface area contributed by atoms with E-state index >= 15 is 0 Å². The lowest BCUT2D eigenvalue weighted by Gasteiger charge is -2.13. The van der Waals surface area contributed by atoms with E-state index in [0.29, 0.717) is 0 Å². The summed E-state index contributed by atoms with van der Waals surface area (Å²) in [6, 6.07) is 8.95. The van der Waals surface area contributed by atoms with Gasteiger partial charge in [-0.25, -0.2) is 0 Å². The largest absolute Gasteiger partial charge is 0.432 e. The van der Waals surface area contributed by atoms with Gasteiger partial charge in [-0.3, -0.25) is 0 Å². The van der Waals surface area contributed by atoms with Gasteiger partial charge in [0.25, 0.3) is 0 Å². The van der Waals surface area contributed by atoms with E-state index in [0.717, 1.165) is 10.5 Å². The molecule has 1 aromatic carbocycles. The van der Waals surface area contributed by atoms with Crippen LogP contribution in [0.4, 0.5) is 0 Å². The van der Waals surface area contributed by atoms with E-state index in [1.165, 1.54) is 5.56 Å². The van der Waals surface area contributed by atoms with E-state index in [1.54, 1.807) is 0 Å². The van der Waals surface area contributed by atoms with Gasteiger partial charge in [0.05, 0.1) is 0 Å². The maximum absolute atomic E-state index is 9.67. The van der Waals surface area contributed by atoms with Crippen molar-refractivity contribution < 1.29 is 4.80 Å². The summed E-state index contributed by atoms with van der Waals surface area (Å²) in [5.74, 6) is 0. The summed E-state index contributed by atoms with van der Waals surface area (Å²) in [6.07, 6.45) is 0. The fraction of sp³-hybridized carbons (Fsp3) is 0.333. The molecule has 0 aromatic heterocycles. The molecule has 0 fully saturated rings. The fourth-order valence-electron chi connectivity index (χ4n) is 1.10. The molecule has 3 heteroatoms. The van der Waals surface area contributed by atoms with Gasteiger partial charge in [-0.05, 0) is 36.8 Å². The van der Waals surface area contributed by atoms with Crippen molar-refractivity contribution in [2.45, 2.75) is 19.1 Å². The second-order valence-corrected chi connectivity index (χ2v) is 8.51. The minimum atomic E-state index is -1.93. The normalized spacial score (nSPS) is 11.7. The summed E-state index contributed by atoms with van der Waals surface area (Å²) < 4.78 is 1.09. The van der Waals surface area contributed by atoms with Crippen LogP contribution in [0.2, 0.25) is 13.1 Å². The summed E-state index contributed by atoms with van der Waals surface area (Å²) in [4.78, 5) is 9.67. The van der Waals surface area contributed by atoms with Crippen LogP contribution in [0, 0.1) is 0 Å². The highest BCUT2D eigenvalue weighted by atomic mass is 79.9. The molecule has 0 radical (unpaired) electrons. The molecule has 0 aliphatic rings. The van der Waals surface area contributed by atoms with E-state index in [1.807, 2.05) is 25.2 Å². The van der Waals surface area contributed by atoms with Crippen LogP contribution in [-0.2, 0) is 6.04 Å². The summed E-state index contributed by atoms with van der Waals surface area (Å²) in [6.45, 7) is 3.91. The van der Waals surface area contributed by atoms with Gasteiger partial charge in [0.1, 0.15) is 0 Å². The third kappa shape index (κ3) is 3.52. The smallest absolute Gasteiger partial charge is 0.186 e. The van der Waals surface area contributed by atoms with Crippen LogP contribution in [0.25, 0.3) is 0 Å². The summed E-state index contributed by atoms with van der Waals surface area (Å²) in [5.41, 5.74) is 1.22. The SMILES string of the molecule is C[Si](C)(O)Cc1ccc(Br)cc1. The zero-order chi connectivity index (χ0) is 9.19. The molecule has 0 heterocycles. The minimum absolute atomic E-state index is 0.834. The minimum Gasteiger partial charge on any atom is -0.432 e. The highest BCUT2D eigenvalue weighted by Crippen LogP contribution is 2.13. The molecule has 66 valence electrons. The van der Waals surface area contributed by atoms with E-state index in [4.69, 9.17) is 0 Å². The van der Waals surface area contributed by atoms with Gasteiger partial charge in [-0.2, -0.15) is 0 Å². The second-order valence-electron chi connectivity index (χ2n) is 3.62. The van der Waals surface area contributed by atoms with Crippen LogP contribution in [0.15, 0.2) is 28.7 Å². The van der Waals surface area contributed by atoms with Crippen molar-refractivity contribution in [2.75, 3.05) is 0 Å². The Morgan fingerprint density at radius 3 is 2.17 bits per heavy atom. The third-order valence-corrected chi connectivity index (χ3v) is 3.35. The van der Waals surface area contributed by atoms with Crippen LogP contribution < -0.4 is 0 Å². The molecule has 1 aromatic rings. The Labute approximate surface area is 82.7 Å². The molecule has 0 saturated heterocycles. The first kappa shape index (κ1) is 9.96. The van der Waals surface area contributed by atoms with Crippen molar-refractivity contribution in [1.82, 2.24) is 0 Å². The van der Waals surface area contributed by atoms with E-state index in [2.05, 4.69) is 28.1 Å². The summed E-state index contributed by atoms with van der Waals surface area (Å²) in [7, 11) is -1.93. The molecule has 0 saturated carbocycles. The molecule has 0 atom stereocenters. The first-order valence-electron chi connectivity index (χ1n) is 3.94. The van der Waals surface area contributed by atoms with Crippen molar-refractivity contribution in [2.24, 2.45) is 0 Å². The molecule has 12 heavy (non-hydrogen) atoms. The number of hydrogen-bond donors (Lipinski definition) is 1. The van der Waals surface area contributed by atoms with Crippen molar-refractivity contribution in [3.05, 3.63) is 34.3 Å². The van der Waals surface area contributed by atoms with E-state index in [-0.39, 0.29) is 0 Å². The third-order valence-electron chi connectivity index (χ3n) is 1.55. The predicted molar refractivity (Wildman–Crippen MR) is 57.5 cm³/mol. The topological polar surface area (TPSA) is 20.2 Å².